The molecule has 0 aliphatic heterocycles. The van der Waals surface area contributed by atoms with Crippen LogP contribution in [-0.2, 0) is 25.7 Å². The third kappa shape index (κ3) is 3.06. The molecule has 0 spiro atoms. The van der Waals surface area contributed by atoms with E-state index in [2.05, 4.69) is 0 Å². The Morgan fingerprint density at radius 3 is 2.36 bits per heavy atom. The van der Waals surface area contributed by atoms with E-state index in [0.29, 0.717) is 5.57 Å². The Hall–Kier alpha value is -2.48. The van der Waals surface area contributed by atoms with Crippen LogP contribution in [0.1, 0.15) is 11.1 Å². The molecule has 22 heavy (non-hydrogen) atoms. The molecule has 1 aromatic rings. The fourth-order valence-electron chi connectivity index (χ4n) is 2.26. The van der Waals surface area contributed by atoms with Crippen LogP contribution < -0.4 is 0 Å². The van der Waals surface area contributed by atoms with Crippen LogP contribution in [0, 0.1) is 0 Å². The number of ketones is 2. The molecule has 0 saturated heterocycles. The fraction of sp³-hybridized carbons (Fsp3) is 0. The van der Waals surface area contributed by atoms with E-state index in [1.54, 1.807) is 12.2 Å². The quantitative estimate of drug-likeness (QED) is 0.369. The van der Waals surface area contributed by atoms with Gasteiger partial charge in [-0.3, -0.25) is 23.5 Å². The molecule has 6 nitrogen and oxygen atoms in total. The zero-order valence-corrected chi connectivity index (χ0v) is 11.9. The summed E-state index contributed by atoms with van der Waals surface area (Å²) >= 11 is -2.61. The van der Waals surface area contributed by atoms with Gasteiger partial charge in [0.2, 0.25) is 5.78 Å². The highest BCUT2D eigenvalue weighted by Gasteiger charge is 2.30. The number of aldehydes is 1. The molecule has 0 atom stereocenters. The number of Topliss-reactive ketones (excluding diaryl/α,β-unsaturated/α-hetero) is 2. The summed E-state index contributed by atoms with van der Waals surface area (Å²) in [4.78, 5) is 33.9. The number of allylic oxidation sites excluding steroid dienone is 5. The Bertz CT molecular complexity index is 781. The van der Waals surface area contributed by atoms with Gasteiger partial charge in [-0.2, -0.15) is 4.21 Å². The molecule has 0 fully saturated rings. The summed E-state index contributed by atoms with van der Waals surface area (Å²) in [7, 11) is 0. The monoisotopic (exact) mass is 318 g/mol. The minimum atomic E-state index is -2.61. The number of fused-ring (bicyclic) bond motifs is 3. The lowest BCUT2D eigenvalue weighted by Gasteiger charge is -2.11. The topological polar surface area (TPSA) is 109 Å². The van der Waals surface area contributed by atoms with Gasteiger partial charge in [-0.15, -0.1) is 0 Å². The molecule has 0 heterocycles. The first-order valence-corrected chi connectivity index (χ1v) is 7.09. The molecule has 0 aromatic heterocycles. The predicted molar refractivity (Wildman–Crippen MR) is 80.0 cm³/mol. The van der Waals surface area contributed by atoms with E-state index in [-0.39, 0.29) is 17.6 Å². The van der Waals surface area contributed by atoms with Crippen molar-refractivity contribution in [3.05, 3.63) is 58.7 Å². The molecule has 2 aliphatic rings. The summed E-state index contributed by atoms with van der Waals surface area (Å²) in [5.41, 5.74) is 3.18. The van der Waals surface area contributed by atoms with Crippen LogP contribution in [0.25, 0.3) is 11.6 Å². The average Bonchev–Trinajstić information content (AvgIpc) is 2.86. The van der Waals surface area contributed by atoms with Gasteiger partial charge in [0, 0.05) is 5.57 Å². The van der Waals surface area contributed by atoms with Crippen molar-refractivity contribution < 1.29 is 27.7 Å². The molecule has 0 radical (unpaired) electrons. The standard InChI is InChI=1S/C15H8O3.H2O3S/c16-8-14(17)12-6-5-11-10-4-2-1-3-9(10)7-13(11)15(12)18;1-4(2)3/h1-8H;(H2,1,2,3). The van der Waals surface area contributed by atoms with E-state index in [1.165, 1.54) is 6.08 Å². The molecular weight excluding hydrogens is 308 g/mol. The van der Waals surface area contributed by atoms with Crippen LogP contribution in [0.5, 0.6) is 0 Å². The van der Waals surface area contributed by atoms with Gasteiger partial charge >= 0.3 is 0 Å². The van der Waals surface area contributed by atoms with Crippen molar-refractivity contribution in [1.82, 2.24) is 0 Å². The average molecular weight is 318 g/mol. The van der Waals surface area contributed by atoms with Gasteiger partial charge in [0.1, 0.15) is 0 Å². The van der Waals surface area contributed by atoms with Crippen molar-refractivity contribution in [1.29, 1.82) is 0 Å². The molecule has 1 aromatic carbocycles. The molecule has 2 N–H and O–H groups in total. The number of hydrogen-bond donors (Lipinski definition) is 2. The number of rotatable bonds is 2. The Balaban J connectivity index is 0.000000396. The van der Waals surface area contributed by atoms with Crippen molar-refractivity contribution >= 4 is 40.9 Å². The Kier molecular flexibility index (Phi) is 4.71. The van der Waals surface area contributed by atoms with Crippen molar-refractivity contribution in [3.63, 3.8) is 0 Å². The normalized spacial score (nSPS) is 14.9. The maximum atomic E-state index is 12.1. The fourth-order valence-corrected chi connectivity index (χ4v) is 2.26. The molecule has 3 rings (SSSR count). The number of benzene rings is 1. The van der Waals surface area contributed by atoms with E-state index >= 15 is 0 Å². The number of carbonyl (C=O) groups excluding carboxylic acids is 3. The highest BCUT2D eigenvalue weighted by atomic mass is 32.2. The van der Waals surface area contributed by atoms with E-state index < -0.39 is 17.1 Å². The van der Waals surface area contributed by atoms with Gasteiger partial charge in [0.25, 0.3) is 11.4 Å². The SMILES string of the molecule is O=CC(=O)C1=CC=C2C(=Cc3ccccc32)C1=O.O=S(O)O. The third-order valence-electron chi connectivity index (χ3n) is 3.12. The molecular formula is C15H10O6S. The molecule has 0 unspecified atom stereocenters. The van der Waals surface area contributed by atoms with Gasteiger partial charge in [-0.05, 0) is 28.9 Å². The molecule has 2 aliphatic carbocycles. The molecule has 0 bridgehead atoms. The van der Waals surface area contributed by atoms with Gasteiger partial charge in [0.15, 0.2) is 12.1 Å². The van der Waals surface area contributed by atoms with Crippen LogP contribution in [0.2, 0.25) is 0 Å². The van der Waals surface area contributed by atoms with Crippen molar-refractivity contribution in [3.8, 4) is 0 Å². The zero-order chi connectivity index (χ0) is 16.3. The van der Waals surface area contributed by atoms with E-state index in [0.717, 1.165) is 16.7 Å². The lowest BCUT2D eigenvalue weighted by Crippen LogP contribution is -2.17. The molecule has 0 saturated carbocycles. The van der Waals surface area contributed by atoms with Crippen molar-refractivity contribution in [2.24, 2.45) is 0 Å². The second kappa shape index (κ2) is 6.52. The number of carbonyl (C=O) groups is 3. The lowest BCUT2D eigenvalue weighted by molar-refractivity contribution is -0.128. The maximum absolute atomic E-state index is 12.1. The van der Waals surface area contributed by atoms with Gasteiger partial charge < -0.3 is 0 Å². The summed E-state index contributed by atoms with van der Waals surface area (Å²) in [6, 6.07) is 7.63. The highest BCUT2D eigenvalue weighted by molar-refractivity contribution is 7.73. The van der Waals surface area contributed by atoms with Crippen molar-refractivity contribution in [2.45, 2.75) is 0 Å². The smallest absolute Gasteiger partial charge is 0.294 e. The summed E-state index contributed by atoms with van der Waals surface area (Å²) in [6.45, 7) is 0. The third-order valence-corrected chi connectivity index (χ3v) is 3.12. The van der Waals surface area contributed by atoms with Crippen LogP contribution in [0.3, 0.4) is 0 Å². The Morgan fingerprint density at radius 2 is 1.73 bits per heavy atom. The molecule has 7 heteroatoms. The first-order valence-electron chi connectivity index (χ1n) is 6.03. The van der Waals surface area contributed by atoms with Crippen LogP contribution >= 0.6 is 0 Å². The van der Waals surface area contributed by atoms with Gasteiger partial charge in [-0.1, -0.05) is 30.3 Å². The summed E-state index contributed by atoms with van der Waals surface area (Å²) in [5, 5.41) is 0. The van der Waals surface area contributed by atoms with E-state index in [1.807, 2.05) is 24.3 Å². The Morgan fingerprint density at radius 1 is 1.09 bits per heavy atom. The zero-order valence-electron chi connectivity index (χ0n) is 11.1. The minimum Gasteiger partial charge on any atom is -0.294 e. The maximum Gasteiger partial charge on any atom is 0.299 e. The van der Waals surface area contributed by atoms with Gasteiger partial charge in [0.05, 0.1) is 5.57 Å². The summed E-state index contributed by atoms with van der Waals surface area (Å²) in [6.07, 6.45) is 5.07. The predicted octanol–water partition coefficient (Wildman–Crippen LogP) is 1.43. The summed E-state index contributed by atoms with van der Waals surface area (Å²) in [5.74, 6) is -1.15. The lowest BCUT2D eigenvalue weighted by atomic mass is 9.90. The highest BCUT2D eigenvalue weighted by Crippen LogP contribution is 2.39. The molecule has 112 valence electrons. The number of hydrogen-bond acceptors (Lipinski definition) is 4. The van der Waals surface area contributed by atoms with E-state index in [4.69, 9.17) is 13.3 Å². The van der Waals surface area contributed by atoms with Crippen LogP contribution in [0.4, 0.5) is 0 Å². The first-order chi connectivity index (χ1) is 10.5. The first kappa shape index (κ1) is 15.9. The minimum absolute atomic E-state index is 0.0622. The largest absolute Gasteiger partial charge is 0.299 e. The second-order valence-corrected chi connectivity index (χ2v) is 4.81. The van der Waals surface area contributed by atoms with Crippen molar-refractivity contribution in [2.75, 3.05) is 0 Å². The van der Waals surface area contributed by atoms with E-state index in [9.17, 15) is 14.4 Å². The Labute approximate surface area is 128 Å². The second-order valence-electron chi connectivity index (χ2n) is 4.35. The molecule has 0 amide bonds. The summed E-state index contributed by atoms with van der Waals surface area (Å²) < 4.78 is 22.8. The van der Waals surface area contributed by atoms with Gasteiger partial charge in [-0.25, -0.2) is 0 Å². The van der Waals surface area contributed by atoms with Crippen LogP contribution in [0.15, 0.2) is 47.6 Å². The van der Waals surface area contributed by atoms with Crippen LogP contribution in [-0.4, -0.2) is 31.2 Å².